The molecule has 6 nitrogen and oxygen atoms in total. The Morgan fingerprint density at radius 2 is 2.14 bits per heavy atom. The van der Waals surface area contributed by atoms with E-state index < -0.39 is 10.0 Å². The van der Waals surface area contributed by atoms with Crippen molar-refractivity contribution in [3.05, 3.63) is 18.3 Å². The minimum atomic E-state index is -3.55. The number of methoxy groups -OCH3 is 1. The average Bonchev–Trinajstić information content (AvgIpc) is 2.44. The Kier molecular flexibility index (Phi) is 4.55. The summed E-state index contributed by atoms with van der Waals surface area (Å²) < 4.78 is 32.8. The Morgan fingerprint density at radius 1 is 1.43 bits per heavy atom. The van der Waals surface area contributed by atoms with Gasteiger partial charge < -0.3 is 10.1 Å². The van der Waals surface area contributed by atoms with E-state index in [0.717, 1.165) is 6.54 Å². The molecule has 1 aromatic heterocycles. The van der Waals surface area contributed by atoms with Gasteiger partial charge in [-0.05, 0) is 25.5 Å². The predicted octanol–water partition coefficient (Wildman–Crippen LogP) is 1.61. The third-order valence-corrected chi connectivity index (χ3v) is 5.62. The predicted molar refractivity (Wildman–Crippen MR) is 81.7 cm³/mol. The number of ether oxygens (including phenoxy) is 1. The molecule has 2 unspecified atom stereocenters. The first-order valence-electron chi connectivity index (χ1n) is 7.06. The van der Waals surface area contributed by atoms with E-state index in [-0.39, 0.29) is 22.5 Å². The van der Waals surface area contributed by atoms with Gasteiger partial charge in [-0.15, -0.1) is 0 Å². The molecular weight excluding hydrogens is 290 g/mol. The fourth-order valence-corrected chi connectivity index (χ4v) is 3.91. The molecular formula is C14H23N3O3S. The second-order valence-corrected chi connectivity index (χ2v) is 7.58. The molecule has 1 fully saturated rings. The van der Waals surface area contributed by atoms with Crippen LogP contribution in [0.3, 0.4) is 0 Å². The quantitative estimate of drug-likeness (QED) is 0.834. The van der Waals surface area contributed by atoms with E-state index in [0.29, 0.717) is 12.2 Å². The van der Waals surface area contributed by atoms with Crippen molar-refractivity contribution < 1.29 is 13.2 Å². The molecule has 1 aliphatic carbocycles. The molecule has 2 rings (SSSR count). The fourth-order valence-electron chi connectivity index (χ4n) is 2.57. The standard InChI is InChI=1S/C14H23N3O3S/c1-5-15-13-7-6-10(9-16-13)21(18,19)17-11-8-12(20-4)14(11,2)3/h6-7,9,11-12,17H,5,8H2,1-4H3,(H,15,16). The summed E-state index contributed by atoms with van der Waals surface area (Å²) in [6.45, 7) is 6.71. The third kappa shape index (κ3) is 3.20. The maximum Gasteiger partial charge on any atom is 0.242 e. The van der Waals surface area contributed by atoms with Gasteiger partial charge in [0.2, 0.25) is 10.0 Å². The van der Waals surface area contributed by atoms with Gasteiger partial charge in [0.05, 0.1) is 6.10 Å². The Labute approximate surface area is 126 Å². The zero-order valence-electron chi connectivity index (χ0n) is 12.9. The van der Waals surface area contributed by atoms with Crippen molar-refractivity contribution in [3.63, 3.8) is 0 Å². The smallest absolute Gasteiger partial charge is 0.242 e. The van der Waals surface area contributed by atoms with Crippen molar-refractivity contribution in [3.8, 4) is 0 Å². The minimum Gasteiger partial charge on any atom is -0.381 e. The Balaban J connectivity index is 2.09. The highest BCUT2D eigenvalue weighted by Crippen LogP contribution is 2.42. The highest BCUT2D eigenvalue weighted by atomic mass is 32.2. The molecule has 1 aliphatic rings. The molecule has 0 saturated heterocycles. The van der Waals surface area contributed by atoms with E-state index >= 15 is 0 Å². The molecule has 0 amide bonds. The van der Waals surface area contributed by atoms with Crippen LogP contribution >= 0.6 is 0 Å². The fraction of sp³-hybridized carbons (Fsp3) is 0.643. The number of rotatable bonds is 6. The first kappa shape index (κ1) is 16.2. The van der Waals surface area contributed by atoms with E-state index in [1.807, 2.05) is 20.8 Å². The van der Waals surface area contributed by atoms with Crippen molar-refractivity contribution in [2.75, 3.05) is 19.0 Å². The summed E-state index contributed by atoms with van der Waals surface area (Å²) in [7, 11) is -1.90. The largest absolute Gasteiger partial charge is 0.381 e. The number of hydrogen-bond acceptors (Lipinski definition) is 5. The van der Waals surface area contributed by atoms with E-state index in [1.54, 1.807) is 19.2 Å². The lowest BCUT2D eigenvalue weighted by Gasteiger charge is -2.50. The molecule has 1 aromatic rings. The van der Waals surface area contributed by atoms with Gasteiger partial charge in [0.1, 0.15) is 10.7 Å². The van der Waals surface area contributed by atoms with Gasteiger partial charge in [0.25, 0.3) is 0 Å². The molecule has 0 bridgehead atoms. The molecule has 118 valence electrons. The molecule has 0 spiro atoms. The average molecular weight is 313 g/mol. The van der Waals surface area contributed by atoms with Crippen LogP contribution < -0.4 is 10.0 Å². The topological polar surface area (TPSA) is 80.3 Å². The first-order chi connectivity index (χ1) is 9.81. The number of pyridine rings is 1. The van der Waals surface area contributed by atoms with Crippen LogP contribution in [0.25, 0.3) is 0 Å². The zero-order valence-corrected chi connectivity index (χ0v) is 13.7. The van der Waals surface area contributed by atoms with E-state index in [2.05, 4.69) is 15.0 Å². The molecule has 0 aliphatic heterocycles. The number of sulfonamides is 1. The molecule has 0 aromatic carbocycles. The van der Waals surface area contributed by atoms with E-state index in [9.17, 15) is 8.42 Å². The van der Waals surface area contributed by atoms with Gasteiger partial charge in [-0.25, -0.2) is 18.1 Å². The van der Waals surface area contributed by atoms with Crippen LogP contribution in [0.1, 0.15) is 27.2 Å². The summed E-state index contributed by atoms with van der Waals surface area (Å²) >= 11 is 0. The second kappa shape index (κ2) is 5.90. The summed E-state index contributed by atoms with van der Waals surface area (Å²) in [6.07, 6.45) is 2.14. The van der Waals surface area contributed by atoms with Crippen LogP contribution in [0.4, 0.5) is 5.82 Å². The number of aromatic nitrogens is 1. The van der Waals surface area contributed by atoms with Crippen molar-refractivity contribution in [2.24, 2.45) is 5.41 Å². The Bertz CT molecular complexity index is 584. The van der Waals surface area contributed by atoms with Gasteiger partial charge in [-0.1, -0.05) is 13.8 Å². The molecule has 1 saturated carbocycles. The molecule has 1 heterocycles. The number of anilines is 1. The Morgan fingerprint density at radius 3 is 2.62 bits per heavy atom. The van der Waals surface area contributed by atoms with Gasteiger partial charge in [-0.2, -0.15) is 0 Å². The third-order valence-electron chi connectivity index (χ3n) is 4.16. The summed E-state index contributed by atoms with van der Waals surface area (Å²) in [5, 5.41) is 3.03. The van der Waals surface area contributed by atoms with Crippen LogP contribution in [0.15, 0.2) is 23.2 Å². The van der Waals surface area contributed by atoms with E-state index in [4.69, 9.17) is 4.74 Å². The highest BCUT2D eigenvalue weighted by molar-refractivity contribution is 7.89. The van der Waals surface area contributed by atoms with Crippen molar-refractivity contribution >= 4 is 15.8 Å². The molecule has 2 atom stereocenters. The maximum atomic E-state index is 12.4. The molecule has 0 radical (unpaired) electrons. The van der Waals surface area contributed by atoms with Crippen molar-refractivity contribution in [1.29, 1.82) is 0 Å². The lowest BCUT2D eigenvalue weighted by atomic mass is 9.65. The van der Waals surface area contributed by atoms with Crippen LogP contribution in [0, 0.1) is 5.41 Å². The van der Waals surface area contributed by atoms with Crippen molar-refractivity contribution in [2.45, 2.75) is 44.2 Å². The summed E-state index contributed by atoms with van der Waals surface area (Å²) in [5.74, 6) is 0.667. The lowest BCUT2D eigenvalue weighted by molar-refractivity contribution is -0.0908. The normalized spacial score (nSPS) is 24.4. The monoisotopic (exact) mass is 313 g/mol. The van der Waals surface area contributed by atoms with Gasteiger partial charge >= 0.3 is 0 Å². The molecule has 7 heteroatoms. The van der Waals surface area contributed by atoms with E-state index in [1.165, 1.54) is 6.20 Å². The van der Waals surface area contributed by atoms with Crippen LogP contribution in [0.5, 0.6) is 0 Å². The van der Waals surface area contributed by atoms with Crippen molar-refractivity contribution in [1.82, 2.24) is 9.71 Å². The van der Waals surface area contributed by atoms with Gasteiger partial charge in [0, 0.05) is 31.3 Å². The number of nitrogens with zero attached hydrogens (tertiary/aromatic N) is 1. The van der Waals surface area contributed by atoms with Crippen LogP contribution in [0.2, 0.25) is 0 Å². The molecule has 2 N–H and O–H groups in total. The lowest BCUT2D eigenvalue weighted by Crippen LogP contribution is -2.61. The maximum absolute atomic E-state index is 12.4. The summed E-state index contributed by atoms with van der Waals surface area (Å²) in [6, 6.07) is 3.11. The van der Waals surface area contributed by atoms with Crippen LogP contribution in [-0.4, -0.2) is 39.2 Å². The number of hydrogen-bond donors (Lipinski definition) is 2. The first-order valence-corrected chi connectivity index (χ1v) is 8.54. The zero-order chi connectivity index (χ0) is 15.7. The summed E-state index contributed by atoms with van der Waals surface area (Å²) in [4.78, 5) is 4.28. The Hall–Kier alpha value is -1.18. The summed E-state index contributed by atoms with van der Waals surface area (Å²) in [5.41, 5.74) is -0.209. The highest BCUT2D eigenvalue weighted by Gasteiger charge is 2.50. The van der Waals surface area contributed by atoms with Crippen LogP contribution in [-0.2, 0) is 14.8 Å². The molecule has 21 heavy (non-hydrogen) atoms. The SMILES string of the molecule is CCNc1ccc(S(=O)(=O)NC2CC(OC)C2(C)C)cn1. The number of nitrogens with one attached hydrogen (secondary N) is 2. The van der Waals surface area contributed by atoms with Gasteiger partial charge in [-0.3, -0.25) is 0 Å². The minimum absolute atomic E-state index is 0.0828. The second-order valence-electron chi connectivity index (χ2n) is 5.86. The van der Waals surface area contributed by atoms with Gasteiger partial charge in [0.15, 0.2) is 0 Å².